The number of halogens is 1. The fraction of sp³-hybridized carbons (Fsp3) is 0.250. The van der Waals surface area contributed by atoms with Gasteiger partial charge in [0.05, 0.1) is 5.69 Å². The van der Waals surface area contributed by atoms with E-state index in [1.165, 1.54) is 16.0 Å². The SMILES string of the molecule is CC(O)c1nc2c(s1)Cc1c(Br)cccc1-2. The van der Waals surface area contributed by atoms with E-state index < -0.39 is 6.10 Å². The zero-order chi connectivity index (χ0) is 11.3. The number of aromatic nitrogens is 1. The molecule has 0 bridgehead atoms. The van der Waals surface area contributed by atoms with Crippen LogP contribution in [0.1, 0.15) is 28.5 Å². The van der Waals surface area contributed by atoms with Gasteiger partial charge in [-0.3, -0.25) is 0 Å². The van der Waals surface area contributed by atoms with Gasteiger partial charge in [0.25, 0.3) is 0 Å². The van der Waals surface area contributed by atoms with Crippen molar-refractivity contribution >= 4 is 27.3 Å². The molecule has 0 aliphatic heterocycles. The first-order chi connectivity index (χ1) is 7.66. The van der Waals surface area contributed by atoms with Crippen LogP contribution in [0.5, 0.6) is 0 Å². The molecule has 82 valence electrons. The van der Waals surface area contributed by atoms with Crippen LogP contribution in [0.25, 0.3) is 11.3 Å². The van der Waals surface area contributed by atoms with Gasteiger partial charge in [-0.05, 0) is 18.6 Å². The molecule has 1 atom stereocenters. The lowest BCUT2D eigenvalue weighted by atomic mass is 10.1. The van der Waals surface area contributed by atoms with Crippen molar-refractivity contribution in [3.8, 4) is 11.3 Å². The summed E-state index contributed by atoms with van der Waals surface area (Å²) in [6.07, 6.45) is 0.461. The molecule has 1 aliphatic carbocycles. The van der Waals surface area contributed by atoms with Gasteiger partial charge >= 0.3 is 0 Å². The Balaban J connectivity index is 2.17. The molecule has 3 rings (SSSR count). The molecule has 1 N–H and O–H groups in total. The molecule has 0 saturated heterocycles. The molecular weight excluding hydrogens is 286 g/mol. The zero-order valence-electron chi connectivity index (χ0n) is 8.70. The number of hydrogen-bond donors (Lipinski definition) is 1. The summed E-state index contributed by atoms with van der Waals surface area (Å²) in [5, 5.41) is 10.3. The van der Waals surface area contributed by atoms with Crippen LogP contribution in [0, 0.1) is 0 Å². The van der Waals surface area contributed by atoms with Gasteiger partial charge in [-0.25, -0.2) is 4.98 Å². The molecule has 0 amide bonds. The van der Waals surface area contributed by atoms with Crippen molar-refractivity contribution in [2.24, 2.45) is 0 Å². The van der Waals surface area contributed by atoms with Gasteiger partial charge in [0.1, 0.15) is 11.1 Å². The Bertz CT molecular complexity index is 562. The molecule has 4 heteroatoms. The first-order valence-corrected chi connectivity index (χ1v) is 6.73. The molecule has 1 heterocycles. The van der Waals surface area contributed by atoms with E-state index in [1.807, 2.05) is 6.07 Å². The molecule has 1 unspecified atom stereocenters. The summed E-state index contributed by atoms with van der Waals surface area (Å²) in [6.45, 7) is 1.76. The normalized spacial score (nSPS) is 14.7. The molecular formula is C12H10BrNOS. The predicted molar refractivity (Wildman–Crippen MR) is 68.7 cm³/mol. The maximum atomic E-state index is 9.52. The lowest BCUT2D eigenvalue weighted by Crippen LogP contribution is -1.90. The van der Waals surface area contributed by atoms with Gasteiger partial charge in [0, 0.05) is 21.3 Å². The van der Waals surface area contributed by atoms with Crippen molar-refractivity contribution in [1.82, 2.24) is 4.98 Å². The summed E-state index contributed by atoms with van der Waals surface area (Å²) >= 11 is 5.18. The molecule has 2 aromatic rings. The lowest BCUT2D eigenvalue weighted by Gasteiger charge is -2.02. The minimum absolute atomic E-state index is 0.466. The molecule has 1 aliphatic rings. The Morgan fingerprint density at radius 1 is 1.50 bits per heavy atom. The highest BCUT2D eigenvalue weighted by Gasteiger charge is 2.25. The van der Waals surface area contributed by atoms with Crippen molar-refractivity contribution in [2.75, 3.05) is 0 Å². The van der Waals surface area contributed by atoms with Crippen LogP contribution < -0.4 is 0 Å². The van der Waals surface area contributed by atoms with Crippen LogP contribution >= 0.6 is 27.3 Å². The standard InChI is InChI=1S/C12H10BrNOS/c1-6(15)12-14-11-7-3-2-4-9(13)8(7)5-10(11)16-12/h2-4,6,15H,5H2,1H3. The number of fused-ring (bicyclic) bond motifs is 3. The predicted octanol–water partition coefficient (Wildman–Crippen LogP) is 3.53. The van der Waals surface area contributed by atoms with Gasteiger partial charge in [0.15, 0.2) is 0 Å². The highest BCUT2D eigenvalue weighted by atomic mass is 79.9. The minimum atomic E-state index is -0.466. The minimum Gasteiger partial charge on any atom is -0.386 e. The monoisotopic (exact) mass is 295 g/mol. The molecule has 1 aromatic heterocycles. The largest absolute Gasteiger partial charge is 0.386 e. The number of hydrogen-bond acceptors (Lipinski definition) is 3. The van der Waals surface area contributed by atoms with Gasteiger partial charge in [-0.15, -0.1) is 11.3 Å². The average molecular weight is 296 g/mol. The van der Waals surface area contributed by atoms with E-state index in [0.29, 0.717) is 0 Å². The van der Waals surface area contributed by atoms with Gasteiger partial charge in [-0.1, -0.05) is 28.1 Å². The second kappa shape index (κ2) is 3.65. The van der Waals surface area contributed by atoms with Gasteiger partial charge < -0.3 is 5.11 Å². The highest BCUT2D eigenvalue weighted by Crippen LogP contribution is 2.43. The number of benzene rings is 1. The van der Waals surface area contributed by atoms with Crippen LogP contribution in [0.4, 0.5) is 0 Å². The maximum Gasteiger partial charge on any atom is 0.122 e. The quantitative estimate of drug-likeness (QED) is 0.745. The molecule has 16 heavy (non-hydrogen) atoms. The van der Waals surface area contributed by atoms with Crippen LogP contribution in [0.3, 0.4) is 0 Å². The molecule has 0 saturated carbocycles. The summed E-state index contributed by atoms with van der Waals surface area (Å²) in [5.74, 6) is 0. The number of thiazole rings is 1. The summed E-state index contributed by atoms with van der Waals surface area (Å²) < 4.78 is 1.15. The van der Waals surface area contributed by atoms with E-state index in [9.17, 15) is 5.11 Å². The van der Waals surface area contributed by atoms with E-state index in [4.69, 9.17) is 0 Å². The van der Waals surface area contributed by atoms with E-state index in [0.717, 1.165) is 21.6 Å². The van der Waals surface area contributed by atoms with E-state index >= 15 is 0 Å². The van der Waals surface area contributed by atoms with Crippen LogP contribution in [-0.4, -0.2) is 10.1 Å². The van der Waals surface area contributed by atoms with E-state index in [-0.39, 0.29) is 0 Å². The Kier molecular flexibility index (Phi) is 2.38. The Labute approximate surface area is 106 Å². The fourth-order valence-corrected chi connectivity index (χ4v) is 3.53. The first-order valence-electron chi connectivity index (χ1n) is 5.12. The molecule has 0 fully saturated rings. The molecule has 0 spiro atoms. The molecule has 0 radical (unpaired) electrons. The van der Waals surface area contributed by atoms with Gasteiger partial charge in [0.2, 0.25) is 0 Å². The van der Waals surface area contributed by atoms with Crippen molar-refractivity contribution < 1.29 is 5.11 Å². The topological polar surface area (TPSA) is 33.1 Å². The van der Waals surface area contributed by atoms with E-state index in [2.05, 4.69) is 33.0 Å². The summed E-state index contributed by atoms with van der Waals surface area (Å²) in [7, 11) is 0. The third-order valence-corrected chi connectivity index (χ3v) is 4.75. The number of aliphatic hydroxyl groups is 1. The Hall–Kier alpha value is -0.710. The molecule has 1 aromatic carbocycles. The Morgan fingerprint density at radius 2 is 2.31 bits per heavy atom. The highest BCUT2D eigenvalue weighted by molar-refractivity contribution is 9.10. The zero-order valence-corrected chi connectivity index (χ0v) is 11.1. The van der Waals surface area contributed by atoms with E-state index in [1.54, 1.807) is 18.3 Å². The lowest BCUT2D eigenvalue weighted by molar-refractivity contribution is 0.199. The maximum absolute atomic E-state index is 9.52. The number of rotatable bonds is 1. The summed E-state index contributed by atoms with van der Waals surface area (Å²) in [4.78, 5) is 5.78. The smallest absolute Gasteiger partial charge is 0.122 e. The Morgan fingerprint density at radius 3 is 3.06 bits per heavy atom. The fourth-order valence-electron chi connectivity index (χ4n) is 2.00. The van der Waals surface area contributed by atoms with Crippen molar-refractivity contribution in [1.29, 1.82) is 0 Å². The van der Waals surface area contributed by atoms with Crippen molar-refractivity contribution in [3.05, 3.63) is 38.1 Å². The first kappa shape index (κ1) is 10.4. The van der Waals surface area contributed by atoms with Crippen molar-refractivity contribution in [2.45, 2.75) is 19.4 Å². The number of nitrogens with zero attached hydrogens (tertiary/aromatic N) is 1. The third kappa shape index (κ3) is 1.44. The van der Waals surface area contributed by atoms with Crippen LogP contribution in [0.15, 0.2) is 22.7 Å². The third-order valence-electron chi connectivity index (χ3n) is 2.78. The second-order valence-electron chi connectivity index (χ2n) is 3.94. The molecule has 2 nitrogen and oxygen atoms in total. The van der Waals surface area contributed by atoms with Crippen LogP contribution in [0.2, 0.25) is 0 Å². The second-order valence-corrected chi connectivity index (χ2v) is 5.91. The summed E-state index contributed by atoms with van der Waals surface area (Å²) in [5.41, 5.74) is 3.57. The summed E-state index contributed by atoms with van der Waals surface area (Å²) in [6, 6.07) is 6.18. The van der Waals surface area contributed by atoms with Crippen molar-refractivity contribution in [3.63, 3.8) is 0 Å². The van der Waals surface area contributed by atoms with Crippen LogP contribution in [-0.2, 0) is 6.42 Å². The van der Waals surface area contributed by atoms with Gasteiger partial charge in [-0.2, -0.15) is 0 Å². The number of aliphatic hydroxyl groups excluding tert-OH is 1. The average Bonchev–Trinajstić information content (AvgIpc) is 2.76.